The Morgan fingerprint density at radius 1 is 1.07 bits per heavy atom. The highest BCUT2D eigenvalue weighted by Gasteiger charge is 2.33. The van der Waals surface area contributed by atoms with E-state index >= 15 is 0 Å². The molecule has 2 aromatic carbocycles. The highest BCUT2D eigenvalue weighted by atomic mass is 35.5. The second-order valence-electron chi connectivity index (χ2n) is 5.42. The zero-order valence-electron chi connectivity index (χ0n) is 14.8. The number of halogens is 1. The number of anilines is 1. The van der Waals surface area contributed by atoms with E-state index in [4.69, 9.17) is 38.0 Å². The van der Waals surface area contributed by atoms with Crippen LogP contribution in [0, 0.1) is 0 Å². The molecule has 0 atom stereocenters. The minimum atomic E-state index is -0.218. The predicted octanol–water partition coefficient (Wildman–Crippen LogP) is 4.77. The Morgan fingerprint density at radius 2 is 1.81 bits per heavy atom. The van der Waals surface area contributed by atoms with Crippen molar-refractivity contribution in [2.45, 2.75) is 0 Å². The predicted molar refractivity (Wildman–Crippen MR) is 113 cm³/mol. The molecule has 27 heavy (non-hydrogen) atoms. The average molecular weight is 422 g/mol. The van der Waals surface area contributed by atoms with Crippen molar-refractivity contribution < 1.29 is 19.0 Å². The highest BCUT2D eigenvalue weighted by molar-refractivity contribution is 8.27. The van der Waals surface area contributed by atoms with Crippen molar-refractivity contribution >= 4 is 57.6 Å². The first-order chi connectivity index (χ1) is 13.0. The van der Waals surface area contributed by atoms with Gasteiger partial charge in [-0.1, -0.05) is 41.6 Å². The Morgan fingerprint density at radius 3 is 2.44 bits per heavy atom. The van der Waals surface area contributed by atoms with Gasteiger partial charge in [-0.2, -0.15) is 0 Å². The summed E-state index contributed by atoms with van der Waals surface area (Å²) in [6.07, 6.45) is 1.73. The first-order valence-electron chi connectivity index (χ1n) is 7.82. The Bertz CT molecular complexity index is 945. The van der Waals surface area contributed by atoms with Crippen molar-refractivity contribution in [2.24, 2.45) is 0 Å². The molecule has 0 aliphatic carbocycles. The third-order valence-electron chi connectivity index (χ3n) is 3.88. The maximum Gasteiger partial charge on any atom is 0.270 e. The van der Waals surface area contributed by atoms with Crippen molar-refractivity contribution in [1.82, 2.24) is 0 Å². The van der Waals surface area contributed by atoms with Crippen molar-refractivity contribution in [3.05, 3.63) is 51.9 Å². The Labute approximate surface area is 171 Å². The fraction of sp³-hybridized carbons (Fsp3) is 0.158. The molecule has 1 heterocycles. The number of nitrogens with zero attached hydrogens (tertiary/aromatic N) is 1. The van der Waals surface area contributed by atoms with Crippen LogP contribution in [0.3, 0.4) is 0 Å². The number of methoxy groups -OCH3 is 3. The number of thiocarbonyl (C=S) groups is 1. The number of carbonyl (C=O) groups is 1. The van der Waals surface area contributed by atoms with Gasteiger partial charge in [0.25, 0.3) is 5.91 Å². The van der Waals surface area contributed by atoms with Crippen molar-refractivity contribution in [3.63, 3.8) is 0 Å². The molecule has 140 valence electrons. The zero-order valence-corrected chi connectivity index (χ0v) is 17.2. The molecule has 0 aromatic heterocycles. The van der Waals surface area contributed by atoms with Gasteiger partial charge in [0.05, 0.1) is 31.9 Å². The van der Waals surface area contributed by atoms with Crippen LogP contribution in [0.5, 0.6) is 17.2 Å². The first-order valence-corrected chi connectivity index (χ1v) is 9.43. The van der Waals surface area contributed by atoms with Gasteiger partial charge in [-0.15, -0.1) is 0 Å². The molecule has 0 spiro atoms. The second kappa shape index (κ2) is 8.21. The van der Waals surface area contributed by atoms with Crippen LogP contribution in [0.15, 0.2) is 41.3 Å². The van der Waals surface area contributed by atoms with Gasteiger partial charge in [0.1, 0.15) is 0 Å². The summed E-state index contributed by atoms with van der Waals surface area (Å²) >= 11 is 12.7. The molecular formula is C19H16ClNO4S2. The van der Waals surface area contributed by atoms with Crippen LogP contribution in [0.4, 0.5) is 5.69 Å². The monoisotopic (exact) mass is 421 g/mol. The number of hydrogen-bond donors (Lipinski definition) is 0. The molecule has 5 nitrogen and oxygen atoms in total. The largest absolute Gasteiger partial charge is 0.493 e. The molecule has 8 heteroatoms. The molecular weight excluding hydrogens is 406 g/mol. The van der Waals surface area contributed by atoms with Gasteiger partial charge in [-0.25, -0.2) is 0 Å². The highest BCUT2D eigenvalue weighted by Crippen LogP contribution is 2.43. The molecule has 0 N–H and O–H groups in total. The molecule has 3 rings (SSSR count). The topological polar surface area (TPSA) is 48.0 Å². The maximum absolute atomic E-state index is 12.9. The Hall–Kier alpha value is -2.22. The molecule has 0 unspecified atom stereocenters. The van der Waals surface area contributed by atoms with Gasteiger partial charge in [0.2, 0.25) is 5.75 Å². The number of amides is 1. The molecule has 1 fully saturated rings. The smallest absolute Gasteiger partial charge is 0.270 e. The standard InChI is InChI=1S/C19H16ClNO4S2/c1-23-14-8-7-11(16(24-2)17(14)25-3)9-15-18(22)21(19(26)27-15)13-6-4-5-12(20)10-13/h4-10H,1-3H3. The van der Waals surface area contributed by atoms with E-state index in [1.807, 2.05) is 0 Å². The quantitative estimate of drug-likeness (QED) is 0.512. The van der Waals surface area contributed by atoms with Gasteiger partial charge in [-0.3, -0.25) is 9.69 Å². The second-order valence-corrected chi connectivity index (χ2v) is 7.53. The summed E-state index contributed by atoms with van der Waals surface area (Å²) in [7, 11) is 4.61. The lowest BCUT2D eigenvalue weighted by atomic mass is 10.1. The summed E-state index contributed by atoms with van der Waals surface area (Å²) in [5, 5.41) is 0.534. The van der Waals surface area contributed by atoms with Crippen molar-refractivity contribution in [3.8, 4) is 17.2 Å². The van der Waals surface area contributed by atoms with Crippen LogP contribution in [0.1, 0.15) is 5.56 Å². The summed E-state index contributed by atoms with van der Waals surface area (Å²) in [6, 6.07) is 10.6. The van der Waals surface area contributed by atoms with E-state index < -0.39 is 0 Å². The summed E-state index contributed by atoms with van der Waals surface area (Å²) in [5.74, 6) is 1.26. The van der Waals surface area contributed by atoms with E-state index in [0.717, 1.165) is 0 Å². The van der Waals surface area contributed by atoms with Crippen molar-refractivity contribution in [1.29, 1.82) is 0 Å². The summed E-state index contributed by atoms with van der Waals surface area (Å²) in [6.45, 7) is 0. The van der Waals surface area contributed by atoms with E-state index in [9.17, 15) is 4.79 Å². The van der Waals surface area contributed by atoms with Crippen LogP contribution in [-0.2, 0) is 4.79 Å². The third-order valence-corrected chi connectivity index (χ3v) is 5.42. The minimum Gasteiger partial charge on any atom is -0.493 e. The van der Waals surface area contributed by atoms with E-state index in [1.165, 1.54) is 30.9 Å². The van der Waals surface area contributed by atoms with E-state index in [-0.39, 0.29) is 5.91 Å². The van der Waals surface area contributed by atoms with Gasteiger partial charge in [0, 0.05) is 10.6 Å². The molecule has 1 saturated heterocycles. The molecule has 0 bridgehead atoms. The molecule has 1 aliphatic rings. The van der Waals surface area contributed by atoms with Crippen LogP contribution in [-0.4, -0.2) is 31.6 Å². The number of ether oxygens (including phenoxy) is 3. The van der Waals surface area contributed by atoms with Crippen molar-refractivity contribution in [2.75, 3.05) is 26.2 Å². The first kappa shape index (κ1) is 19.5. The molecule has 2 aromatic rings. The average Bonchev–Trinajstić information content (AvgIpc) is 2.94. The van der Waals surface area contributed by atoms with Gasteiger partial charge in [0.15, 0.2) is 15.8 Å². The van der Waals surface area contributed by atoms with Crippen LogP contribution in [0.2, 0.25) is 5.02 Å². The third kappa shape index (κ3) is 3.76. The number of benzene rings is 2. The summed E-state index contributed by atoms with van der Waals surface area (Å²) in [4.78, 5) is 14.9. The molecule has 0 radical (unpaired) electrons. The van der Waals surface area contributed by atoms with Crippen LogP contribution >= 0.6 is 35.6 Å². The SMILES string of the molecule is COc1ccc(C=C2SC(=S)N(c3cccc(Cl)c3)C2=O)c(OC)c1OC. The maximum atomic E-state index is 12.9. The lowest BCUT2D eigenvalue weighted by Crippen LogP contribution is -2.27. The number of hydrogen-bond acceptors (Lipinski definition) is 6. The van der Waals surface area contributed by atoms with Crippen LogP contribution in [0.25, 0.3) is 6.08 Å². The normalized spacial score (nSPS) is 15.4. The number of rotatable bonds is 5. The molecule has 1 aliphatic heterocycles. The fourth-order valence-electron chi connectivity index (χ4n) is 2.68. The van der Waals surface area contributed by atoms with E-state index in [1.54, 1.807) is 49.6 Å². The van der Waals surface area contributed by atoms with Crippen LogP contribution < -0.4 is 19.1 Å². The van der Waals surface area contributed by atoms with Gasteiger partial charge >= 0.3 is 0 Å². The lowest BCUT2D eigenvalue weighted by molar-refractivity contribution is -0.113. The lowest BCUT2D eigenvalue weighted by Gasteiger charge is -2.15. The Balaban J connectivity index is 2.01. The van der Waals surface area contributed by atoms with E-state index in [2.05, 4.69) is 0 Å². The molecule has 0 saturated carbocycles. The van der Waals surface area contributed by atoms with E-state index in [0.29, 0.717) is 42.7 Å². The fourth-order valence-corrected chi connectivity index (χ4v) is 4.16. The Kier molecular flexibility index (Phi) is 5.94. The molecule has 1 amide bonds. The number of carbonyl (C=O) groups excluding carboxylic acids is 1. The van der Waals surface area contributed by atoms with Gasteiger partial charge in [-0.05, 0) is 36.4 Å². The zero-order chi connectivity index (χ0) is 19.6. The van der Waals surface area contributed by atoms with Gasteiger partial charge < -0.3 is 14.2 Å². The number of thioether (sulfide) groups is 1. The summed E-state index contributed by atoms with van der Waals surface area (Å²) in [5.41, 5.74) is 1.31. The minimum absolute atomic E-state index is 0.218. The summed E-state index contributed by atoms with van der Waals surface area (Å²) < 4.78 is 16.6.